The zero-order chi connectivity index (χ0) is 21.3. The van der Waals surface area contributed by atoms with Crippen LogP contribution < -0.4 is 16.4 Å². The summed E-state index contributed by atoms with van der Waals surface area (Å²) in [5, 5.41) is 14.6. The van der Waals surface area contributed by atoms with Crippen molar-refractivity contribution < 1.29 is 29.0 Å². The fraction of sp³-hybridized carbons (Fsp3) is 0.526. The Morgan fingerprint density at radius 1 is 1.18 bits per heavy atom. The van der Waals surface area contributed by atoms with E-state index in [2.05, 4.69) is 15.4 Å². The van der Waals surface area contributed by atoms with Crippen LogP contribution in [0, 0.1) is 0 Å². The van der Waals surface area contributed by atoms with Crippen molar-refractivity contribution in [2.75, 3.05) is 25.6 Å². The van der Waals surface area contributed by atoms with E-state index in [4.69, 9.17) is 10.5 Å². The number of aliphatic hydroxyl groups is 1. The molecule has 0 aliphatic rings. The molecular weight excluding hydrogens is 366 g/mol. The highest BCUT2D eigenvalue weighted by Crippen LogP contribution is 2.12. The van der Waals surface area contributed by atoms with E-state index in [9.17, 15) is 19.5 Å². The lowest BCUT2D eigenvalue weighted by Crippen LogP contribution is -2.50. The Morgan fingerprint density at radius 2 is 1.79 bits per heavy atom. The predicted molar refractivity (Wildman–Crippen MR) is 103 cm³/mol. The van der Waals surface area contributed by atoms with Gasteiger partial charge in [0.15, 0.2) is 0 Å². The van der Waals surface area contributed by atoms with Crippen molar-refractivity contribution in [2.45, 2.75) is 44.9 Å². The summed E-state index contributed by atoms with van der Waals surface area (Å²) in [6.07, 6.45) is 0.361. The van der Waals surface area contributed by atoms with Gasteiger partial charge in [-0.25, -0.2) is 4.79 Å². The summed E-state index contributed by atoms with van der Waals surface area (Å²) in [5.41, 5.74) is 6.66. The SMILES string of the molecule is COC(=O)C(=O)Nc1ccc(C[C@@H](CO)NC(=O)[C@@H](N)COC(C)(C)C)cc1. The first-order valence-corrected chi connectivity index (χ1v) is 8.84. The first-order chi connectivity index (χ1) is 13.1. The molecule has 0 spiro atoms. The van der Waals surface area contributed by atoms with Gasteiger partial charge < -0.3 is 30.9 Å². The number of nitrogens with two attached hydrogens (primary N) is 1. The summed E-state index contributed by atoms with van der Waals surface area (Å²) in [5.74, 6) is -2.27. The van der Waals surface area contributed by atoms with Gasteiger partial charge in [-0.3, -0.25) is 9.59 Å². The van der Waals surface area contributed by atoms with Gasteiger partial charge in [0, 0.05) is 5.69 Å². The van der Waals surface area contributed by atoms with Gasteiger partial charge in [0.25, 0.3) is 0 Å². The van der Waals surface area contributed by atoms with Crippen molar-refractivity contribution in [3.8, 4) is 0 Å². The van der Waals surface area contributed by atoms with Gasteiger partial charge in [-0.1, -0.05) is 12.1 Å². The lowest BCUT2D eigenvalue weighted by Gasteiger charge is -2.23. The maximum atomic E-state index is 12.2. The van der Waals surface area contributed by atoms with Crippen LogP contribution in [0.15, 0.2) is 24.3 Å². The van der Waals surface area contributed by atoms with Crippen LogP contribution in [0.1, 0.15) is 26.3 Å². The van der Waals surface area contributed by atoms with Crippen LogP contribution >= 0.6 is 0 Å². The normalized spacial score (nSPS) is 13.4. The molecule has 0 aliphatic heterocycles. The van der Waals surface area contributed by atoms with Crippen molar-refractivity contribution in [1.29, 1.82) is 0 Å². The molecule has 9 heteroatoms. The minimum Gasteiger partial charge on any atom is -0.462 e. The second-order valence-electron chi connectivity index (χ2n) is 7.26. The van der Waals surface area contributed by atoms with E-state index < -0.39 is 35.5 Å². The number of rotatable bonds is 8. The number of carbonyl (C=O) groups excluding carboxylic acids is 3. The number of hydrogen-bond acceptors (Lipinski definition) is 7. The number of nitrogens with one attached hydrogen (secondary N) is 2. The molecule has 0 saturated carbocycles. The molecule has 0 heterocycles. The summed E-state index contributed by atoms with van der Waals surface area (Å²) < 4.78 is 9.83. The summed E-state index contributed by atoms with van der Waals surface area (Å²) in [6.45, 7) is 5.41. The molecule has 5 N–H and O–H groups in total. The molecule has 0 aliphatic carbocycles. The topological polar surface area (TPSA) is 140 Å². The standard InChI is InChI=1S/C19H29N3O6/c1-19(2,3)28-11-15(20)16(24)22-14(10-23)9-12-5-7-13(8-6-12)21-17(25)18(26)27-4/h5-8,14-15,23H,9-11,20H2,1-4H3,(H,21,25)(H,22,24)/t14-,15-/m0/s1. The zero-order valence-electron chi connectivity index (χ0n) is 16.7. The highest BCUT2D eigenvalue weighted by atomic mass is 16.5. The van der Waals surface area contributed by atoms with Crippen molar-refractivity contribution in [2.24, 2.45) is 5.73 Å². The smallest absolute Gasteiger partial charge is 0.396 e. The Morgan fingerprint density at radius 3 is 2.29 bits per heavy atom. The van der Waals surface area contributed by atoms with Gasteiger partial charge in [0.2, 0.25) is 5.91 Å². The van der Waals surface area contributed by atoms with E-state index in [-0.39, 0.29) is 13.2 Å². The number of methoxy groups -OCH3 is 1. The Kier molecular flexibility index (Phi) is 9.04. The number of hydrogen-bond donors (Lipinski definition) is 4. The molecule has 1 rings (SSSR count). The van der Waals surface area contributed by atoms with Crippen LogP contribution in [0.4, 0.5) is 5.69 Å². The molecule has 0 fully saturated rings. The van der Waals surface area contributed by atoms with E-state index >= 15 is 0 Å². The van der Waals surface area contributed by atoms with Crippen LogP contribution in [0.3, 0.4) is 0 Å². The Bertz CT molecular complexity index is 669. The molecule has 9 nitrogen and oxygen atoms in total. The summed E-state index contributed by atoms with van der Waals surface area (Å²) in [6, 6.07) is 5.27. The average molecular weight is 395 g/mol. The van der Waals surface area contributed by atoms with Gasteiger partial charge in [0.05, 0.1) is 32.0 Å². The predicted octanol–water partition coefficient (Wildman–Crippen LogP) is -0.0399. The second-order valence-corrected chi connectivity index (χ2v) is 7.26. The van der Waals surface area contributed by atoms with E-state index in [0.29, 0.717) is 12.1 Å². The van der Waals surface area contributed by atoms with Gasteiger partial charge >= 0.3 is 11.9 Å². The second kappa shape index (κ2) is 10.7. The molecular formula is C19H29N3O6. The van der Waals surface area contributed by atoms with Crippen molar-refractivity contribution >= 4 is 23.5 Å². The number of amides is 2. The Labute approximate surface area is 164 Å². The molecule has 1 aromatic rings. The maximum Gasteiger partial charge on any atom is 0.396 e. The van der Waals surface area contributed by atoms with E-state index in [1.165, 1.54) is 0 Å². The van der Waals surface area contributed by atoms with Crippen LogP contribution in [0.2, 0.25) is 0 Å². The first-order valence-electron chi connectivity index (χ1n) is 8.84. The third-order valence-corrected chi connectivity index (χ3v) is 3.66. The molecule has 2 atom stereocenters. The van der Waals surface area contributed by atoms with Crippen LogP contribution in [0.5, 0.6) is 0 Å². The van der Waals surface area contributed by atoms with E-state index in [1.807, 2.05) is 20.8 Å². The minimum absolute atomic E-state index is 0.0715. The van der Waals surface area contributed by atoms with Crippen molar-refractivity contribution in [3.63, 3.8) is 0 Å². The molecule has 0 bridgehead atoms. The first kappa shape index (κ1) is 23.5. The zero-order valence-corrected chi connectivity index (χ0v) is 16.7. The highest BCUT2D eigenvalue weighted by Gasteiger charge is 2.21. The molecule has 0 aromatic heterocycles. The van der Waals surface area contributed by atoms with Gasteiger partial charge in [0.1, 0.15) is 6.04 Å². The fourth-order valence-corrected chi connectivity index (χ4v) is 2.17. The lowest BCUT2D eigenvalue weighted by molar-refractivity contribution is -0.150. The monoisotopic (exact) mass is 395 g/mol. The van der Waals surface area contributed by atoms with Crippen molar-refractivity contribution in [1.82, 2.24) is 5.32 Å². The number of aliphatic hydroxyl groups excluding tert-OH is 1. The van der Waals surface area contributed by atoms with E-state index in [1.54, 1.807) is 24.3 Å². The number of ether oxygens (including phenoxy) is 2. The average Bonchev–Trinajstić information content (AvgIpc) is 2.65. The number of esters is 1. The fourth-order valence-electron chi connectivity index (χ4n) is 2.17. The van der Waals surface area contributed by atoms with Gasteiger partial charge in [-0.15, -0.1) is 0 Å². The Hall–Kier alpha value is -2.49. The highest BCUT2D eigenvalue weighted by molar-refractivity contribution is 6.37. The maximum absolute atomic E-state index is 12.2. The largest absolute Gasteiger partial charge is 0.462 e. The summed E-state index contributed by atoms with van der Waals surface area (Å²) in [4.78, 5) is 34.7. The minimum atomic E-state index is -0.987. The number of benzene rings is 1. The van der Waals surface area contributed by atoms with E-state index in [0.717, 1.165) is 12.7 Å². The number of carbonyl (C=O) groups is 3. The van der Waals surface area contributed by atoms with Gasteiger partial charge in [-0.2, -0.15) is 0 Å². The third kappa shape index (κ3) is 8.47. The molecule has 0 radical (unpaired) electrons. The number of anilines is 1. The molecule has 0 unspecified atom stereocenters. The lowest BCUT2D eigenvalue weighted by atomic mass is 10.1. The van der Waals surface area contributed by atoms with Crippen LogP contribution in [-0.2, 0) is 30.3 Å². The molecule has 1 aromatic carbocycles. The third-order valence-electron chi connectivity index (χ3n) is 3.66. The van der Waals surface area contributed by atoms with Crippen LogP contribution in [-0.4, -0.2) is 60.9 Å². The van der Waals surface area contributed by atoms with Crippen LogP contribution in [0.25, 0.3) is 0 Å². The summed E-state index contributed by atoms with van der Waals surface area (Å²) in [7, 11) is 1.12. The molecule has 156 valence electrons. The quantitative estimate of drug-likeness (QED) is 0.358. The Balaban J connectivity index is 2.59. The molecule has 28 heavy (non-hydrogen) atoms. The molecule has 2 amide bonds. The summed E-state index contributed by atoms with van der Waals surface area (Å²) >= 11 is 0. The van der Waals surface area contributed by atoms with Crippen molar-refractivity contribution in [3.05, 3.63) is 29.8 Å². The molecule has 0 saturated heterocycles. The van der Waals surface area contributed by atoms with Gasteiger partial charge in [-0.05, 0) is 44.9 Å².